The second-order valence-corrected chi connectivity index (χ2v) is 4.78. The van der Waals surface area contributed by atoms with E-state index in [0.717, 1.165) is 6.07 Å². The van der Waals surface area contributed by atoms with Gasteiger partial charge in [-0.15, -0.1) is 0 Å². The normalized spacial score (nSPS) is 12.4. The van der Waals surface area contributed by atoms with Crippen molar-refractivity contribution in [3.8, 4) is 5.75 Å². The Labute approximate surface area is 102 Å². The van der Waals surface area contributed by atoms with E-state index in [0.29, 0.717) is 12.1 Å². The van der Waals surface area contributed by atoms with E-state index in [1.807, 2.05) is 0 Å². The molecule has 100 valence electrons. The van der Waals surface area contributed by atoms with E-state index < -0.39 is 28.9 Å². The van der Waals surface area contributed by atoms with Gasteiger partial charge in [-0.3, -0.25) is 4.79 Å². The molecule has 18 heavy (non-hydrogen) atoms. The zero-order valence-corrected chi connectivity index (χ0v) is 10.1. The summed E-state index contributed by atoms with van der Waals surface area (Å²) in [5, 5.41) is 0. The molecule has 0 aliphatic carbocycles. The van der Waals surface area contributed by atoms with E-state index in [4.69, 9.17) is 4.74 Å². The van der Waals surface area contributed by atoms with E-state index in [9.17, 15) is 22.4 Å². The lowest BCUT2D eigenvalue weighted by molar-refractivity contribution is -0.144. The highest BCUT2D eigenvalue weighted by molar-refractivity contribution is 5.77. The van der Waals surface area contributed by atoms with Gasteiger partial charge in [-0.25, -0.2) is 4.39 Å². The lowest BCUT2D eigenvalue weighted by Crippen LogP contribution is -2.25. The van der Waals surface area contributed by atoms with Crippen molar-refractivity contribution in [1.29, 1.82) is 0 Å². The van der Waals surface area contributed by atoms with Gasteiger partial charge in [-0.1, -0.05) is 0 Å². The van der Waals surface area contributed by atoms with E-state index in [2.05, 4.69) is 0 Å². The lowest BCUT2D eigenvalue weighted by atomic mass is 9.97. The molecule has 0 heterocycles. The molecule has 1 rings (SSSR count). The van der Waals surface area contributed by atoms with Crippen LogP contribution in [0.15, 0.2) is 18.2 Å². The maximum atomic E-state index is 13.0. The van der Waals surface area contributed by atoms with E-state index in [1.165, 1.54) is 0 Å². The van der Waals surface area contributed by atoms with Crippen molar-refractivity contribution in [2.75, 3.05) is 0 Å². The average molecular weight is 264 g/mol. The van der Waals surface area contributed by atoms with Gasteiger partial charge < -0.3 is 4.74 Å². The minimum Gasteiger partial charge on any atom is -0.426 e. The highest BCUT2D eigenvalue weighted by atomic mass is 19.4. The topological polar surface area (TPSA) is 26.3 Å². The van der Waals surface area contributed by atoms with Crippen LogP contribution in [0, 0.1) is 11.2 Å². The van der Waals surface area contributed by atoms with Crippen LogP contribution in [0.4, 0.5) is 17.6 Å². The fraction of sp³-hybridized carbons (Fsp3) is 0.417. The Hall–Kier alpha value is -1.59. The van der Waals surface area contributed by atoms with Crippen LogP contribution in [-0.2, 0) is 11.0 Å². The molecule has 0 N–H and O–H groups in total. The molecular formula is C12H12F4O2. The van der Waals surface area contributed by atoms with Crippen LogP contribution in [0.5, 0.6) is 5.75 Å². The SMILES string of the molecule is CC(C)(C)C(=O)Oc1ccc(F)c(C(F)(F)F)c1. The summed E-state index contributed by atoms with van der Waals surface area (Å²) in [6.07, 6.45) is -4.83. The van der Waals surface area contributed by atoms with Crippen LogP contribution >= 0.6 is 0 Å². The third-order valence-corrected chi connectivity index (χ3v) is 2.07. The fourth-order valence-corrected chi connectivity index (χ4v) is 1.05. The first-order chi connectivity index (χ1) is 8.01. The van der Waals surface area contributed by atoms with Crippen molar-refractivity contribution in [3.05, 3.63) is 29.6 Å². The number of benzene rings is 1. The first-order valence-corrected chi connectivity index (χ1v) is 5.11. The first-order valence-electron chi connectivity index (χ1n) is 5.11. The van der Waals surface area contributed by atoms with Crippen LogP contribution < -0.4 is 4.74 Å². The van der Waals surface area contributed by atoms with E-state index in [1.54, 1.807) is 20.8 Å². The Morgan fingerprint density at radius 3 is 2.17 bits per heavy atom. The second-order valence-electron chi connectivity index (χ2n) is 4.78. The van der Waals surface area contributed by atoms with Crippen molar-refractivity contribution in [2.24, 2.45) is 5.41 Å². The number of carbonyl (C=O) groups excluding carboxylic acids is 1. The summed E-state index contributed by atoms with van der Waals surface area (Å²) in [6.45, 7) is 4.68. The molecule has 2 nitrogen and oxygen atoms in total. The molecule has 0 aromatic heterocycles. The molecule has 0 unspecified atom stereocenters. The van der Waals surface area contributed by atoms with Crippen molar-refractivity contribution in [1.82, 2.24) is 0 Å². The number of halogens is 4. The number of hydrogen-bond acceptors (Lipinski definition) is 2. The molecule has 0 saturated carbocycles. The van der Waals surface area contributed by atoms with Crippen molar-refractivity contribution in [2.45, 2.75) is 26.9 Å². The van der Waals surface area contributed by atoms with Crippen LogP contribution in [0.3, 0.4) is 0 Å². The van der Waals surface area contributed by atoms with Crippen LogP contribution in [-0.4, -0.2) is 5.97 Å². The predicted octanol–water partition coefficient (Wildman–Crippen LogP) is 3.80. The molecule has 0 aliphatic heterocycles. The molecule has 6 heteroatoms. The second kappa shape index (κ2) is 4.59. The molecular weight excluding hydrogens is 252 g/mol. The monoisotopic (exact) mass is 264 g/mol. The van der Waals surface area contributed by atoms with Crippen LogP contribution in [0.25, 0.3) is 0 Å². The summed E-state index contributed by atoms with van der Waals surface area (Å²) in [4.78, 5) is 11.5. The van der Waals surface area contributed by atoms with Crippen molar-refractivity contribution >= 4 is 5.97 Å². The zero-order chi connectivity index (χ0) is 14.1. The number of hydrogen-bond donors (Lipinski definition) is 0. The van der Waals surface area contributed by atoms with Crippen molar-refractivity contribution < 1.29 is 27.1 Å². The van der Waals surface area contributed by atoms with Gasteiger partial charge in [0.1, 0.15) is 11.6 Å². The van der Waals surface area contributed by atoms with Gasteiger partial charge in [-0.2, -0.15) is 13.2 Å². The highest BCUT2D eigenvalue weighted by Crippen LogP contribution is 2.34. The molecule has 0 spiro atoms. The molecule has 0 fully saturated rings. The Kier molecular flexibility index (Phi) is 3.69. The van der Waals surface area contributed by atoms with E-state index in [-0.39, 0.29) is 5.75 Å². The molecule has 0 radical (unpaired) electrons. The maximum absolute atomic E-state index is 13.0. The first kappa shape index (κ1) is 14.5. The summed E-state index contributed by atoms with van der Waals surface area (Å²) < 4.78 is 55.0. The van der Waals surface area contributed by atoms with Crippen molar-refractivity contribution in [3.63, 3.8) is 0 Å². The Morgan fingerprint density at radius 2 is 1.72 bits per heavy atom. The molecule has 0 aliphatic rings. The summed E-state index contributed by atoms with van der Waals surface area (Å²) in [6, 6.07) is 2.07. The summed E-state index contributed by atoms with van der Waals surface area (Å²) >= 11 is 0. The van der Waals surface area contributed by atoms with Gasteiger partial charge in [0.05, 0.1) is 11.0 Å². The largest absolute Gasteiger partial charge is 0.426 e. The number of carbonyl (C=O) groups is 1. The van der Waals surface area contributed by atoms with Gasteiger partial charge >= 0.3 is 12.1 Å². The third-order valence-electron chi connectivity index (χ3n) is 2.07. The Bertz CT molecular complexity index is 458. The minimum atomic E-state index is -4.83. The molecule has 0 atom stereocenters. The fourth-order valence-electron chi connectivity index (χ4n) is 1.05. The molecule has 1 aromatic rings. The third kappa shape index (κ3) is 3.45. The summed E-state index contributed by atoms with van der Waals surface area (Å²) in [5.74, 6) is -2.43. The molecule has 0 bridgehead atoms. The summed E-state index contributed by atoms with van der Waals surface area (Å²) in [7, 11) is 0. The van der Waals surface area contributed by atoms with Gasteiger partial charge in [0.2, 0.25) is 0 Å². The number of ether oxygens (including phenoxy) is 1. The van der Waals surface area contributed by atoms with Gasteiger partial charge in [0, 0.05) is 0 Å². The number of alkyl halides is 3. The number of rotatable bonds is 1. The van der Waals surface area contributed by atoms with Crippen LogP contribution in [0.2, 0.25) is 0 Å². The van der Waals surface area contributed by atoms with Gasteiger partial charge in [0.25, 0.3) is 0 Å². The number of esters is 1. The Balaban J connectivity index is 3.04. The maximum Gasteiger partial charge on any atom is 0.419 e. The highest BCUT2D eigenvalue weighted by Gasteiger charge is 2.35. The van der Waals surface area contributed by atoms with E-state index >= 15 is 0 Å². The minimum absolute atomic E-state index is 0.330. The lowest BCUT2D eigenvalue weighted by Gasteiger charge is -2.17. The quantitative estimate of drug-likeness (QED) is 0.438. The molecule has 0 amide bonds. The standard InChI is InChI=1S/C12H12F4O2/c1-11(2,3)10(17)18-7-4-5-9(13)8(6-7)12(14,15)16/h4-6H,1-3H3. The van der Waals surface area contributed by atoms with Gasteiger partial charge in [-0.05, 0) is 39.0 Å². The Morgan fingerprint density at radius 1 is 1.17 bits per heavy atom. The molecule has 1 aromatic carbocycles. The smallest absolute Gasteiger partial charge is 0.419 e. The summed E-state index contributed by atoms with van der Waals surface area (Å²) in [5.41, 5.74) is -2.31. The molecule has 0 saturated heterocycles. The van der Waals surface area contributed by atoms with Gasteiger partial charge in [0.15, 0.2) is 0 Å². The zero-order valence-electron chi connectivity index (χ0n) is 10.1. The van der Waals surface area contributed by atoms with Crippen LogP contribution in [0.1, 0.15) is 26.3 Å². The predicted molar refractivity (Wildman–Crippen MR) is 56.5 cm³/mol. The average Bonchev–Trinajstić information content (AvgIpc) is 2.17.